The summed E-state index contributed by atoms with van der Waals surface area (Å²) in [7, 11) is 0. The summed E-state index contributed by atoms with van der Waals surface area (Å²) < 4.78 is 42.4. The standard InChI is InChI=1S/C14H10F3N3S/c15-14(16,17)13-12(20-5-1-2-11(20)19-13)8-3-4-9-10(6-8)21-7-18-9/h3-4,6-7H,1-2,5H2. The van der Waals surface area contributed by atoms with Gasteiger partial charge in [-0.2, -0.15) is 13.2 Å². The van der Waals surface area contributed by atoms with E-state index in [0.717, 1.165) is 16.6 Å². The topological polar surface area (TPSA) is 30.7 Å². The summed E-state index contributed by atoms with van der Waals surface area (Å²) in [6.45, 7) is 0.592. The minimum Gasteiger partial charge on any atom is -0.327 e. The Morgan fingerprint density at radius 2 is 2.10 bits per heavy atom. The maximum absolute atomic E-state index is 13.3. The first kappa shape index (κ1) is 12.8. The van der Waals surface area contributed by atoms with E-state index < -0.39 is 11.9 Å². The molecule has 0 aliphatic carbocycles. The molecule has 1 aliphatic heterocycles. The van der Waals surface area contributed by atoms with E-state index in [2.05, 4.69) is 9.97 Å². The third-order valence-electron chi connectivity index (χ3n) is 3.70. The first-order valence-corrected chi connectivity index (χ1v) is 7.42. The van der Waals surface area contributed by atoms with Crippen molar-refractivity contribution in [2.75, 3.05) is 0 Å². The highest BCUT2D eigenvalue weighted by Gasteiger charge is 2.40. The van der Waals surface area contributed by atoms with Gasteiger partial charge in [-0.3, -0.25) is 0 Å². The summed E-state index contributed by atoms with van der Waals surface area (Å²) in [5.74, 6) is 0.529. The molecule has 7 heteroatoms. The number of halogens is 3. The fraction of sp³-hybridized carbons (Fsp3) is 0.286. The van der Waals surface area contributed by atoms with Crippen molar-refractivity contribution < 1.29 is 13.2 Å². The SMILES string of the molecule is FC(F)(F)c1nc2n(c1-c1ccc3ncsc3c1)CCC2. The number of fused-ring (bicyclic) bond motifs is 2. The van der Waals surface area contributed by atoms with E-state index in [0.29, 0.717) is 24.4 Å². The van der Waals surface area contributed by atoms with Gasteiger partial charge in [-0.05, 0) is 18.6 Å². The van der Waals surface area contributed by atoms with E-state index in [1.54, 1.807) is 28.3 Å². The minimum absolute atomic E-state index is 0.185. The molecule has 4 rings (SSSR count). The van der Waals surface area contributed by atoms with Gasteiger partial charge in [-0.15, -0.1) is 11.3 Å². The Kier molecular flexibility index (Phi) is 2.63. The third kappa shape index (κ3) is 1.95. The van der Waals surface area contributed by atoms with Crippen LogP contribution in [0.1, 0.15) is 17.9 Å². The number of thiazole rings is 1. The maximum atomic E-state index is 13.3. The lowest BCUT2D eigenvalue weighted by molar-refractivity contribution is -0.140. The van der Waals surface area contributed by atoms with E-state index in [1.165, 1.54) is 11.3 Å². The highest BCUT2D eigenvalue weighted by Crippen LogP contribution is 2.40. The molecule has 1 aromatic carbocycles. The van der Waals surface area contributed by atoms with E-state index in [4.69, 9.17) is 0 Å². The molecule has 0 bridgehead atoms. The molecular formula is C14H10F3N3S. The lowest BCUT2D eigenvalue weighted by Crippen LogP contribution is -2.09. The van der Waals surface area contributed by atoms with E-state index in [9.17, 15) is 13.2 Å². The summed E-state index contributed by atoms with van der Waals surface area (Å²) in [4.78, 5) is 7.99. The van der Waals surface area contributed by atoms with E-state index in [-0.39, 0.29) is 5.69 Å². The second-order valence-electron chi connectivity index (χ2n) is 5.01. The van der Waals surface area contributed by atoms with Crippen molar-refractivity contribution in [3.63, 3.8) is 0 Å². The number of alkyl halides is 3. The maximum Gasteiger partial charge on any atom is 0.435 e. The van der Waals surface area contributed by atoms with Crippen molar-refractivity contribution in [3.05, 3.63) is 35.2 Å². The average molecular weight is 309 g/mol. The van der Waals surface area contributed by atoms with Crippen LogP contribution in [0.3, 0.4) is 0 Å². The monoisotopic (exact) mass is 309 g/mol. The van der Waals surface area contributed by atoms with Crippen LogP contribution in [0.4, 0.5) is 13.2 Å². The molecule has 0 spiro atoms. The Labute approximate surface area is 122 Å². The number of hydrogen-bond acceptors (Lipinski definition) is 3. The Bertz CT molecular complexity index is 832. The molecule has 0 N–H and O–H groups in total. The van der Waals surface area contributed by atoms with Crippen LogP contribution in [0.25, 0.3) is 21.5 Å². The summed E-state index contributed by atoms with van der Waals surface area (Å²) >= 11 is 1.42. The third-order valence-corrected chi connectivity index (χ3v) is 4.49. The van der Waals surface area contributed by atoms with Gasteiger partial charge < -0.3 is 4.57 Å². The van der Waals surface area contributed by atoms with Crippen LogP contribution in [-0.4, -0.2) is 14.5 Å². The van der Waals surface area contributed by atoms with Gasteiger partial charge in [-0.1, -0.05) is 6.07 Å². The molecule has 3 nitrogen and oxygen atoms in total. The van der Waals surface area contributed by atoms with Crippen molar-refractivity contribution in [2.45, 2.75) is 25.6 Å². The molecule has 21 heavy (non-hydrogen) atoms. The van der Waals surface area contributed by atoms with Gasteiger partial charge >= 0.3 is 6.18 Å². The Morgan fingerprint density at radius 3 is 2.90 bits per heavy atom. The molecule has 1 aliphatic rings. The molecule has 0 radical (unpaired) electrons. The molecule has 108 valence electrons. The highest BCUT2D eigenvalue weighted by molar-refractivity contribution is 7.16. The van der Waals surface area contributed by atoms with Crippen molar-refractivity contribution in [1.82, 2.24) is 14.5 Å². The van der Waals surface area contributed by atoms with Gasteiger partial charge in [0.05, 0.1) is 21.4 Å². The minimum atomic E-state index is -4.44. The molecule has 0 saturated heterocycles. The van der Waals surface area contributed by atoms with Crippen LogP contribution in [0.2, 0.25) is 0 Å². The van der Waals surface area contributed by atoms with Crippen molar-refractivity contribution in [2.24, 2.45) is 0 Å². The fourth-order valence-corrected chi connectivity index (χ4v) is 3.54. The zero-order valence-electron chi connectivity index (χ0n) is 10.8. The van der Waals surface area contributed by atoms with Gasteiger partial charge in [0.25, 0.3) is 0 Å². The smallest absolute Gasteiger partial charge is 0.327 e. The van der Waals surface area contributed by atoms with Crippen LogP contribution in [0, 0.1) is 0 Å². The van der Waals surface area contributed by atoms with Gasteiger partial charge in [0, 0.05) is 18.5 Å². The van der Waals surface area contributed by atoms with E-state index >= 15 is 0 Å². The number of nitrogens with zero attached hydrogens (tertiary/aromatic N) is 3. The summed E-state index contributed by atoms with van der Waals surface area (Å²) in [5.41, 5.74) is 2.46. The molecule has 0 fully saturated rings. The van der Waals surface area contributed by atoms with Crippen LogP contribution in [0.15, 0.2) is 23.7 Å². The van der Waals surface area contributed by atoms with Crippen LogP contribution >= 0.6 is 11.3 Å². The van der Waals surface area contributed by atoms with Crippen molar-refractivity contribution in [1.29, 1.82) is 0 Å². The number of aromatic nitrogens is 3. The fourth-order valence-electron chi connectivity index (χ4n) is 2.82. The van der Waals surface area contributed by atoms with Crippen molar-refractivity contribution >= 4 is 21.6 Å². The van der Waals surface area contributed by atoms with Crippen molar-refractivity contribution in [3.8, 4) is 11.3 Å². The number of hydrogen-bond donors (Lipinski definition) is 0. The first-order valence-electron chi connectivity index (χ1n) is 6.54. The van der Waals surface area contributed by atoms with Gasteiger partial charge in [0.1, 0.15) is 5.82 Å². The lowest BCUT2D eigenvalue weighted by Gasteiger charge is -2.10. The Balaban J connectivity index is 1.98. The number of aryl methyl sites for hydroxylation is 1. The quantitative estimate of drug-likeness (QED) is 0.677. The average Bonchev–Trinajstić information content (AvgIpc) is 3.11. The van der Waals surface area contributed by atoms with E-state index in [1.807, 2.05) is 0 Å². The van der Waals surface area contributed by atoms with Crippen LogP contribution in [0.5, 0.6) is 0 Å². The van der Waals surface area contributed by atoms with Gasteiger partial charge in [0.15, 0.2) is 5.69 Å². The second kappa shape index (κ2) is 4.30. The predicted molar refractivity (Wildman–Crippen MR) is 74.2 cm³/mol. The Hall–Kier alpha value is -1.89. The molecular weight excluding hydrogens is 299 g/mol. The zero-order chi connectivity index (χ0) is 14.6. The molecule has 2 aromatic heterocycles. The molecule has 0 unspecified atom stereocenters. The zero-order valence-corrected chi connectivity index (χ0v) is 11.6. The number of imidazole rings is 1. The normalized spacial score (nSPS) is 14.8. The summed E-state index contributed by atoms with van der Waals surface area (Å²) in [6, 6.07) is 5.22. The lowest BCUT2D eigenvalue weighted by atomic mass is 10.1. The number of rotatable bonds is 1. The summed E-state index contributed by atoms with van der Waals surface area (Å²) in [6.07, 6.45) is -2.99. The molecule has 3 heterocycles. The van der Waals surface area contributed by atoms with Gasteiger partial charge in [0.2, 0.25) is 0 Å². The summed E-state index contributed by atoms with van der Waals surface area (Å²) in [5, 5.41) is 0. The second-order valence-corrected chi connectivity index (χ2v) is 5.90. The largest absolute Gasteiger partial charge is 0.435 e. The molecule has 0 atom stereocenters. The molecule has 3 aromatic rings. The van der Waals surface area contributed by atoms with Gasteiger partial charge in [-0.25, -0.2) is 9.97 Å². The van der Waals surface area contributed by atoms with Crippen LogP contribution < -0.4 is 0 Å². The van der Waals surface area contributed by atoms with Crippen LogP contribution in [-0.2, 0) is 19.1 Å². The highest BCUT2D eigenvalue weighted by atomic mass is 32.1. The number of benzene rings is 1. The molecule has 0 saturated carbocycles. The first-order chi connectivity index (χ1) is 10.0. The predicted octanol–water partition coefficient (Wildman–Crippen LogP) is 4.12. The molecule has 0 amide bonds. The Morgan fingerprint density at radius 1 is 1.24 bits per heavy atom.